The molecule has 2 aromatic rings. The van der Waals surface area contributed by atoms with Crippen LogP contribution in [0.25, 0.3) is 0 Å². The number of rotatable bonds is 3. The van der Waals surface area contributed by atoms with Gasteiger partial charge in [-0.25, -0.2) is 13.6 Å². The van der Waals surface area contributed by atoms with E-state index in [1.165, 1.54) is 31.2 Å². The minimum absolute atomic E-state index is 0.100. The summed E-state index contributed by atoms with van der Waals surface area (Å²) in [5.74, 6) is -3.91. The molecule has 6 nitrogen and oxygen atoms in total. The molecular weight excluding hydrogens is 391 g/mol. The number of ether oxygens (including phenoxy) is 1. The fraction of sp³-hybridized carbons (Fsp3) is 0.312. The standard InChI is InChI=1S/C16H13Cl2F2N3O3/c1-8-7-16(19,20)14(26-8)23-5-4-12(22-15(23)25)21-13(24)10-3-2-9(17)6-11(10)18/h2-6,8,14H,7H2,1H3,(H,21,22,24,25). The summed E-state index contributed by atoms with van der Waals surface area (Å²) < 4.78 is 33.7. The quantitative estimate of drug-likeness (QED) is 0.846. The fourth-order valence-electron chi connectivity index (χ4n) is 2.64. The topological polar surface area (TPSA) is 73.2 Å². The zero-order chi connectivity index (χ0) is 19.1. The highest BCUT2D eigenvalue weighted by molar-refractivity contribution is 6.37. The Labute approximate surface area is 156 Å². The summed E-state index contributed by atoms with van der Waals surface area (Å²) in [6.07, 6.45) is -1.80. The smallest absolute Gasteiger partial charge is 0.348 e. The molecule has 10 heteroatoms. The molecular formula is C16H13Cl2F2N3O3. The molecule has 2 heterocycles. The number of nitrogens with zero attached hydrogens (tertiary/aromatic N) is 2. The van der Waals surface area contributed by atoms with E-state index in [1.54, 1.807) is 0 Å². The van der Waals surface area contributed by atoms with Crippen molar-refractivity contribution in [2.24, 2.45) is 0 Å². The minimum atomic E-state index is -3.19. The maximum atomic E-state index is 13.9. The highest BCUT2D eigenvalue weighted by Crippen LogP contribution is 2.41. The first kappa shape index (κ1) is 18.8. The van der Waals surface area contributed by atoms with E-state index in [9.17, 15) is 18.4 Å². The molecule has 26 heavy (non-hydrogen) atoms. The number of aromatic nitrogens is 2. The van der Waals surface area contributed by atoms with Gasteiger partial charge in [-0.1, -0.05) is 23.2 Å². The number of anilines is 1. The Morgan fingerprint density at radius 3 is 2.69 bits per heavy atom. The van der Waals surface area contributed by atoms with Crippen molar-refractivity contribution in [3.8, 4) is 0 Å². The highest BCUT2D eigenvalue weighted by atomic mass is 35.5. The van der Waals surface area contributed by atoms with Crippen molar-refractivity contribution in [1.29, 1.82) is 0 Å². The second kappa shape index (κ2) is 6.94. The molecule has 3 rings (SSSR count). The van der Waals surface area contributed by atoms with E-state index in [0.717, 1.165) is 6.20 Å². The first-order valence-corrected chi connectivity index (χ1v) is 8.32. The van der Waals surface area contributed by atoms with Gasteiger partial charge in [0.05, 0.1) is 16.7 Å². The molecule has 1 amide bonds. The molecule has 2 unspecified atom stereocenters. The van der Waals surface area contributed by atoms with Gasteiger partial charge in [-0.15, -0.1) is 0 Å². The average molecular weight is 404 g/mol. The Bertz CT molecular complexity index is 920. The van der Waals surface area contributed by atoms with E-state index in [1.807, 2.05) is 0 Å². The molecule has 138 valence electrons. The zero-order valence-electron chi connectivity index (χ0n) is 13.4. The maximum absolute atomic E-state index is 13.9. The Kier molecular flexibility index (Phi) is 5.01. The van der Waals surface area contributed by atoms with Crippen molar-refractivity contribution < 1.29 is 18.3 Å². The largest absolute Gasteiger partial charge is 0.351 e. The molecule has 0 radical (unpaired) electrons. The van der Waals surface area contributed by atoms with Gasteiger partial charge < -0.3 is 10.1 Å². The Morgan fingerprint density at radius 1 is 1.38 bits per heavy atom. The molecule has 1 aromatic carbocycles. The van der Waals surface area contributed by atoms with Gasteiger partial charge in [0.25, 0.3) is 11.8 Å². The number of alkyl halides is 2. The summed E-state index contributed by atoms with van der Waals surface area (Å²) in [5, 5.41) is 2.87. The van der Waals surface area contributed by atoms with Crippen LogP contribution < -0.4 is 11.0 Å². The summed E-state index contributed by atoms with van der Waals surface area (Å²) in [5.41, 5.74) is -0.842. The summed E-state index contributed by atoms with van der Waals surface area (Å²) in [6, 6.07) is 5.51. The molecule has 1 fully saturated rings. The van der Waals surface area contributed by atoms with E-state index in [0.29, 0.717) is 9.59 Å². The van der Waals surface area contributed by atoms with E-state index in [-0.39, 0.29) is 16.4 Å². The van der Waals surface area contributed by atoms with Gasteiger partial charge in [0.2, 0.25) is 6.23 Å². The van der Waals surface area contributed by atoms with Gasteiger partial charge in [0, 0.05) is 17.6 Å². The lowest BCUT2D eigenvalue weighted by Gasteiger charge is -2.19. The van der Waals surface area contributed by atoms with Crippen LogP contribution in [0.4, 0.5) is 14.6 Å². The number of hydrogen-bond donors (Lipinski definition) is 1. The lowest BCUT2D eigenvalue weighted by molar-refractivity contribution is -0.115. The number of halogens is 4. The van der Waals surface area contributed by atoms with Crippen LogP contribution in [0.3, 0.4) is 0 Å². The molecule has 0 saturated carbocycles. The normalized spacial score (nSPS) is 21.6. The lowest BCUT2D eigenvalue weighted by atomic mass is 10.2. The SMILES string of the molecule is CC1CC(F)(F)C(n2ccc(NC(=O)c3ccc(Cl)cc3Cl)nc2=O)O1. The highest BCUT2D eigenvalue weighted by Gasteiger charge is 2.50. The van der Waals surface area contributed by atoms with Crippen molar-refractivity contribution in [2.75, 3.05) is 5.32 Å². The second-order valence-corrected chi connectivity index (χ2v) is 6.69. The number of amides is 1. The number of carbonyl (C=O) groups is 1. The molecule has 1 aliphatic rings. The Hall–Kier alpha value is -2.03. The van der Waals surface area contributed by atoms with Crippen LogP contribution in [0.15, 0.2) is 35.3 Å². The molecule has 1 aliphatic heterocycles. The van der Waals surface area contributed by atoms with Gasteiger partial charge in [0.15, 0.2) is 0 Å². The molecule has 1 saturated heterocycles. The second-order valence-electron chi connectivity index (χ2n) is 5.85. The van der Waals surface area contributed by atoms with Crippen molar-refractivity contribution in [1.82, 2.24) is 9.55 Å². The molecule has 0 aliphatic carbocycles. The van der Waals surface area contributed by atoms with Crippen molar-refractivity contribution >= 4 is 34.9 Å². The predicted octanol–water partition coefficient (Wildman–Crippen LogP) is 3.75. The molecule has 0 spiro atoms. The van der Waals surface area contributed by atoms with Crippen LogP contribution in [-0.4, -0.2) is 27.5 Å². The third-order valence-electron chi connectivity index (χ3n) is 3.78. The van der Waals surface area contributed by atoms with Crippen LogP contribution in [-0.2, 0) is 4.74 Å². The van der Waals surface area contributed by atoms with Crippen LogP contribution in [0, 0.1) is 0 Å². The molecule has 2 atom stereocenters. The molecule has 0 bridgehead atoms. The number of hydrogen-bond acceptors (Lipinski definition) is 4. The van der Waals surface area contributed by atoms with E-state index in [4.69, 9.17) is 27.9 Å². The van der Waals surface area contributed by atoms with Gasteiger partial charge in [0.1, 0.15) is 5.82 Å². The van der Waals surface area contributed by atoms with Crippen LogP contribution >= 0.6 is 23.2 Å². The van der Waals surface area contributed by atoms with E-state index in [2.05, 4.69) is 10.3 Å². The maximum Gasteiger partial charge on any atom is 0.351 e. The number of carbonyl (C=O) groups excluding carboxylic acids is 1. The zero-order valence-corrected chi connectivity index (χ0v) is 14.9. The van der Waals surface area contributed by atoms with Crippen molar-refractivity contribution in [2.45, 2.75) is 31.6 Å². The van der Waals surface area contributed by atoms with Crippen molar-refractivity contribution in [3.05, 3.63) is 56.6 Å². The fourth-order valence-corrected chi connectivity index (χ4v) is 3.13. The van der Waals surface area contributed by atoms with Gasteiger partial charge in [-0.2, -0.15) is 4.98 Å². The van der Waals surface area contributed by atoms with Gasteiger partial charge >= 0.3 is 5.69 Å². The van der Waals surface area contributed by atoms with Crippen LogP contribution in [0.5, 0.6) is 0 Å². The van der Waals surface area contributed by atoms with Gasteiger partial charge in [-0.3, -0.25) is 9.36 Å². The summed E-state index contributed by atoms with van der Waals surface area (Å²) in [6.45, 7) is 1.50. The summed E-state index contributed by atoms with van der Waals surface area (Å²) >= 11 is 11.7. The van der Waals surface area contributed by atoms with Crippen LogP contribution in [0.1, 0.15) is 29.9 Å². The van der Waals surface area contributed by atoms with E-state index < -0.39 is 36.3 Å². The average Bonchev–Trinajstić information content (AvgIpc) is 2.79. The lowest BCUT2D eigenvalue weighted by Crippen LogP contribution is -2.35. The Balaban J connectivity index is 1.82. The molecule has 1 N–H and O–H groups in total. The monoisotopic (exact) mass is 403 g/mol. The summed E-state index contributed by atoms with van der Waals surface area (Å²) in [7, 11) is 0. The first-order valence-electron chi connectivity index (χ1n) is 7.56. The first-order chi connectivity index (χ1) is 12.2. The van der Waals surface area contributed by atoms with Crippen LogP contribution in [0.2, 0.25) is 10.0 Å². The van der Waals surface area contributed by atoms with E-state index >= 15 is 0 Å². The number of benzene rings is 1. The third kappa shape index (κ3) is 3.72. The molecule has 1 aromatic heterocycles. The minimum Gasteiger partial charge on any atom is -0.348 e. The third-order valence-corrected chi connectivity index (χ3v) is 4.33. The number of nitrogens with one attached hydrogen (secondary N) is 1. The van der Waals surface area contributed by atoms with Gasteiger partial charge in [-0.05, 0) is 31.2 Å². The Morgan fingerprint density at radius 2 is 2.12 bits per heavy atom. The predicted molar refractivity (Wildman–Crippen MR) is 92.1 cm³/mol. The summed E-state index contributed by atoms with van der Waals surface area (Å²) in [4.78, 5) is 27.9. The van der Waals surface area contributed by atoms with Crippen molar-refractivity contribution in [3.63, 3.8) is 0 Å².